The highest BCUT2D eigenvalue weighted by molar-refractivity contribution is 5.81. The number of fused-ring (bicyclic) bond motifs is 1. The van der Waals surface area contributed by atoms with Gasteiger partial charge in [-0.1, -0.05) is 29.8 Å². The lowest BCUT2D eigenvalue weighted by atomic mass is 10.1. The van der Waals surface area contributed by atoms with Crippen molar-refractivity contribution in [2.24, 2.45) is 0 Å². The summed E-state index contributed by atoms with van der Waals surface area (Å²) in [5.74, 6) is 0. The molecule has 0 saturated heterocycles. The van der Waals surface area contributed by atoms with E-state index in [1.165, 1.54) is 22.1 Å². The van der Waals surface area contributed by atoms with Crippen LogP contribution in [0.5, 0.6) is 0 Å². The predicted molar refractivity (Wildman–Crippen MR) is 81.7 cm³/mol. The highest BCUT2D eigenvalue weighted by Crippen LogP contribution is 2.20. The molecule has 0 unspecified atom stereocenters. The van der Waals surface area contributed by atoms with Gasteiger partial charge in [-0.2, -0.15) is 5.26 Å². The molecule has 0 aliphatic rings. The monoisotopic (exact) mass is 260 g/mol. The highest BCUT2D eigenvalue weighted by atomic mass is 14.9. The number of aromatic nitrogens is 1. The van der Waals surface area contributed by atoms with Gasteiger partial charge in [0.2, 0.25) is 0 Å². The zero-order valence-electron chi connectivity index (χ0n) is 11.7. The first-order chi connectivity index (χ1) is 9.67. The zero-order chi connectivity index (χ0) is 14.1. The van der Waals surface area contributed by atoms with Crippen LogP contribution >= 0.6 is 0 Å². The van der Waals surface area contributed by atoms with E-state index in [0.29, 0.717) is 5.56 Å². The number of hydrogen-bond acceptors (Lipinski definition) is 1. The average Bonchev–Trinajstić information content (AvgIpc) is 2.85. The fraction of sp³-hybridized carbons (Fsp3) is 0.167. The van der Waals surface area contributed by atoms with Gasteiger partial charge in [0.05, 0.1) is 11.6 Å². The minimum Gasteiger partial charge on any atom is -0.343 e. The van der Waals surface area contributed by atoms with E-state index in [0.717, 1.165) is 12.1 Å². The lowest BCUT2D eigenvalue weighted by molar-refractivity contribution is 0.829. The molecule has 2 nitrogen and oxygen atoms in total. The molecule has 20 heavy (non-hydrogen) atoms. The van der Waals surface area contributed by atoms with Crippen molar-refractivity contribution in [2.45, 2.75) is 20.4 Å². The quantitative estimate of drug-likeness (QED) is 0.679. The largest absolute Gasteiger partial charge is 0.343 e. The van der Waals surface area contributed by atoms with Gasteiger partial charge in [-0.05, 0) is 48.6 Å². The molecule has 0 aliphatic carbocycles. The summed E-state index contributed by atoms with van der Waals surface area (Å²) < 4.78 is 2.21. The molecule has 3 rings (SSSR count). The first-order valence-corrected chi connectivity index (χ1v) is 6.72. The van der Waals surface area contributed by atoms with Crippen LogP contribution in [0.4, 0.5) is 0 Å². The summed E-state index contributed by atoms with van der Waals surface area (Å²) >= 11 is 0. The number of aryl methyl sites for hydroxylation is 2. The molecular formula is C18H16N2. The fourth-order valence-corrected chi connectivity index (χ4v) is 2.55. The number of nitrogens with zero attached hydrogens (tertiary/aromatic N) is 2. The number of benzene rings is 2. The Kier molecular flexibility index (Phi) is 3.04. The molecule has 0 N–H and O–H groups in total. The fourth-order valence-electron chi connectivity index (χ4n) is 2.55. The topological polar surface area (TPSA) is 28.7 Å². The molecule has 0 atom stereocenters. The summed E-state index contributed by atoms with van der Waals surface area (Å²) in [5.41, 5.74) is 5.72. The molecule has 1 heterocycles. The lowest BCUT2D eigenvalue weighted by Gasteiger charge is -2.10. The van der Waals surface area contributed by atoms with Crippen molar-refractivity contribution >= 4 is 10.9 Å². The molecule has 0 radical (unpaired) electrons. The lowest BCUT2D eigenvalue weighted by Crippen LogP contribution is -2.00. The van der Waals surface area contributed by atoms with Crippen molar-refractivity contribution in [3.63, 3.8) is 0 Å². The van der Waals surface area contributed by atoms with Crippen LogP contribution in [0, 0.1) is 25.2 Å². The van der Waals surface area contributed by atoms with Crippen molar-refractivity contribution in [1.29, 1.82) is 5.26 Å². The van der Waals surface area contributed by atoms with Gasteiger partial charge in [0.25, 0.3) is 0 Å². The van der Waals surface area contributed by atoms with Gasteiger partial charge in [-0.25, -0.2) is 0 Å². The first kappa shape index (κ1) is 12.5. The van der Waals surface area contributed by atoms with Gasteiger partial charge in [0.1, 0.15) is 0 Å². The van der Waals surface area contributed by atoms with Crippen LogP contribution in [0.25, 0.3) is 10.9 Å². The standard InChI is InChI=1S/C18H16N2/c1-13-3-4-14(2)17(9-13)12-20-8-7-16-6-5-15(11-19)10-18(16)20/h3-10H,12H2,1-2H3. The molecule has 0 saturated carbocycles. The molecule has 0 spiro atoms. The van der Waals surface area contributed by atoms with Gasteiger partial charge in [0.15, 0.2) is 0 Å². The third kappa shape index (κ3) is 2.19. The number of rotatable bonds is 2. The minimum absolute atomic E-state index is 0.707. The van der Waals surface area contributed by atoms with Gasteiger partial charge in [-0.15, -0.1) is 0 Å². The second-order valence-corrected chi connectivity index (χ2v) is 5.26. The van der Waals surface area contributed by atoms with E-state index in [9.17, 15) is 0 Å². The summed E-state index contributed by atoms with van der Waals surface area (Å²) in [5, 5.41) is 10.2. The highest BCUT2D eigenvalue weighted by Gasteiger charge is 2.05. The summed E-state index contributed by atoms with van der Waals surface area (Å²) in [4.78, 5) is 0. The third-order valence-electron chi connectivity index (χ3n) is 3.75. The van der Waals surface area contributed by atoms with E-state index < -0.39 is 0 Å². The van der Waals surface area contributed by atoms with Crippen molar-refractivity contribution in [2.75, 3.05) is 0 Å². The molecule has 0 fully saturated rings. The van der Waals surface area contributed by atoms with Crippen LogP contribution in [-0.4, -0.2) is 4.57 Å². The Bertz CT molecular complexity index is 819. The van der Waals surface area contributed by atoms with Crippen LogP contribution in [-0.2, 0) is 6.54 Å². The van der Waals surface area contributed by atoms with E-state index in [2.05, 4.69) is 54.9 Å². The van der Waals surface area contributed by atoms with Crippen molar-refractivity contribution in [3.8, 4) is 6.07 Å². The van der Waals surface area contributed by atoms with Crippen LogP contribution in [0.3, 0.4) is 0 Å². The Balaban J connectivity index is 2.07. The summed E-state index contributed by atoms with van der Waals surface area (Å²) in [7, 11) is 0. The molecule has 2 aromatic carbocycles. The average molecular weight is 260 g/mol. The van der Waals surface area contributed by atoms with Crippen LogP contribution in [0.15, 0.2) is 48.7 Å². The summed E-state index contributed by atoms with van der Waals surface area (Å²) in [6, 6.07) is 16.7. The summed E-state index contributed by atoms with van der Waals surface area (Å²) in [6.45, 7) is 5.09. The van der Waals surface area contributed by atoms with E-state index in [-0.39, 0.29) is 0 Å². The van der Waals surface area contributed by atoms with Crippen molar-refractivity contribution < 1.29 is 0 Å². The van der Waals surface area contributed by atoms with Crippen LogP contribution in [0.1, 0.15) is 22.3 Å². The summed E-state index contributed by atoms with van der Waals surface area (Å²) in [6.07, 6.45) is 2.09. The van der Waals surface area contributed by atoms with E-state index >= 15 is 0 Å². The Morgan fingerprint density at radius 1 is 1.05 bits per heavy atom. The molecular weight excluding hydrogens is 244 g/mol. The van der Waals surface area contributed by atoms with Crippen LogP contribution in [0.2, 0.25) is 0 Å². The molecule has 0 aliphatic heterocycles. The predicted octanol–water partition coefficient (Wildman–Crippen LogP) is 4.18. The third-order valence-corrected chi connectivity index (χ3v) is 3.75. The second-order valence-electron chi connectivity index (χ2n) is 5.26. The minimum atomic E-state index is 0.707. The number of nitriles is 1. The smallest absolute Gasteiger partial charge is 0.0992 e. The van der Waals surface area contributed by atoms with E-state index in [1.54, 1.807) is 0 Å². The maximum absolute atomic E-state index is 9.04. The van der Waals surface area contributed by atoms with E-state index in [1.807, 2.05) is 18.2 Å². The first-order valence-electron chi connectivity index (χ1n) is 6.72. The maximum atomic E-state index is 9.04. The molecule has 1 aromatic heterocycles. The molecule has 0 bridgehead atoms. The van der Waals surface area contributed by atoms with Gasteiger partial charge in [0, 0.05) is 18.3 Å². The Hall–Kier alpha value is -2.53. The number of hydrogen-bond donors (Lipinski definition) is 0. The van der Waals surface area contributed by atoms with Gasteiger partial charge < -0.3 is 4.57 Å². The van der Waals surface area contributed by atoms with Crippen molar-refractivity contribution in [3.05, 3.63) is 70.9 Å². The Morgan fingerprint density at radius 2 is 1.90 bits per heavy atom. The second kappa shape index (κ2) is 4.86. The van der Waals surface area contributed by atoms with Gasteiger partial charge in [-0.3, -0.25) is 0 Å². The maximum Gasteiger partial charge on any atom is 0.0992 e. The Labute approximate surface area is 118 Å². The van der Waals surface area contributed by atoms with Gasteiger partial charge >= 0.3 is 0 Å². The normalized spacial score (nSPS) is 10.7. The zero-order valence-corrected chi connectivity index (χ0v) is 11.7. The van der Waals surface area contributed by atoms with E-state index in [4.69, 9.17) is 5.26 Å². The molecule has 2 heteroatoms. The Morgan fingerprint density at radius 3 is 2.70 bits per heavy atom. The SMILES string of the molecule is Cc1ccc(C)c(Cn2ccc3ccc(C#N)cc32)c1. The molecule has 0 amide bonds. The van der Waals surface area contributed by atoms with Crippen LogP contribution < -0.4 is 0 Å². The molecule has 98 valence electrons. The van der Waals surface area contributed by atoms with Crippen molar-refractivity contribution in [1.82, 2.24) is 4.57 Å². The molecule has 3 aromatic rings.